The number of imidazole rings is 1. The first-order valence-electron chi connectivity index (χ1n) is 9.25. The quantitative estimate of drug-likeness (QED) is 0.518. The predicted molar refractivity (Wildman–Crippen MR) is 113 cm³/mol. The lowest BCUT2D eigenvalue weighted by Crippen LogP contribution is -2.33. The average Bonchev–Trinajstić information content (AvgIpc) is 3.37. The fraction of sp³-hybridized carbons (Fsp3) is 0.190. The molecule has 1 atom stereocenters. The van der Waals surface area contributed by atoms with E-state index >= 15 is 0 Å². The number of benzene rings is 2. The van der Waals surface area contributed by atoms with Gasteiger partial charge in [0.1, 0.15) is 18.1 Å². The van der Waals surface area contributed by atoms with Gasteiger partial charge in [0.2, 0.25) is 5.91 Å². The highest BCUT2D eigenvalue weighted by Crippen LogP contribution is 2.37. The van der Waals surface area contributed by atoms with Gasteiger partial charge in [-0.15, -0.1) is 23.1 Å². The normalized spacial score (nSPS) is 16.0. The Balaban J connectivity index is 1.45. The van der Waals surface area contributed by atoms with Gasteiger partial charge >= 0.3 is 0 Å². The Bertz CT molecular complexity index is 1190. The molecular weight excluding hydrogens is 407 g/mol. The van der Waals surface area contributed by atoms with E-state index in [1.54, 1.807) is 11.6 Å². The number of thioether (sulfide) groups is 1. The number of thiazole rings is 1. The number of hydrogen-bond acceptors (Lipinski definition) is 5. The van der Waals surface area contributed by atoms with Gasteiger partial charge in [0.05, 0.1) is 22.6 Å². The van der Waals surface area contributed by atoms with Gasteiger partial charge in [-0.1, -0.05) is 24.3 Å². The molecule has 2 aromatic heterocycles. The van der Waals surface area contributed by atoms with Crippen LogP contribution < -0.4 is 5.32 Å². The van der Waals surface area contributed by atoms with Crippen molar-refractivity contribution in [2.24, 2.45) is 0 Å². The Morgan fingerprint density at radius 2 is 2.14 bits per heavy atom. The number of para-hydroxylation sites is 2. The van der Waals surface area contributed by atoms with E-state index in [9.17, 15) is 9.18 Å². The molecular formula is C21H17FN4OS2. The molecule has 5 rings (SSSR count). The van der Waals surface area contributed by atoms with E-state index in [0.717, 1.165) is 34.5 Å². The zero-order valence-corrected chi connectivity index (χ0v) is 17.0. The number of carbonyl (C=O) groups is 1. The summed E-state index contributed by atoms with van der Waals surface area (Å²) in [6.07, 6.45) is 0.774. The minimum atomic E-state index is -0.224. The van der Waals surface area contributed by atoms with Crippen LogP contribution in [0.2, 0.25) is 0 Å². The summed E-state index contributed by atoms with van der Waals surface area (Å²) in [4.78, 5) is 22.6. The minimum Gasteiger partial charge on any atom is -0.348 e. The molecule has 5 nitrogen and oxygen atoms in total. The van der Waals surface area contributed by atoms with Gasteiger partial charge in [-0.2, -0.15) is 0 Å². The molecule has 1 aliphatic heterocycles. The van der Waals surface area contributed by atoms with Gasteiger partial charge < -0.3 is 9.88 Å². The highest BCUT2D eigenvalue weighted by molar-refractivity contribution is 7.99. The fourth-order valence-electron chi connectivity index (χ4n) is 3.67. The van der Waals surface area contributed by atoms with Crippen LogP contribution in [0.5, 0.6) is 0 Å². The van der Waals surface area contributed by atoms with Crippen LogP contribution in [-0.4, -0.2) is 26.2 Å². The summed E-state index contributed by atoms with van der Waals surface area (Å²) in [5.74, 6) is 1.10. The summed E-state index contributed by atoms with van der Waals surface area (Å²) in [7, 11) is 0. The van der Waals surface area contributed by atoms with Crippen molar-refractivity contribution >= 4 is 40.0 Å². The number of rotatable bonds is 4. The lowest BCUT2D eigenvalue weighted by molar-refractivity contribution is -0.122. The summed E-state index contributed by atoms with van der Waals surface area (Å²) in [5.41, 5.74) is 5.07. The van der Waals surface area contributed by atoms with Gasteiger partial charge in [0, 0.05) is 16.0 Å². The largest absolute Gasteiger partial charge is 0.348 e. The Morgan fingerprint density at radius 3 is 3.00 bits per heavy atom. The lowest BCUT2D eigenvalue weighted by Gasteiger charge is -2.26. The van der Waals surface area contributed by atoms with Gasteiger partial charge in [0.15, 0.2) is 5.82 Å². The molecule has 0 bridgehead atoms. The number of halogens is 1. The molecule has 1 N–H and O–H groups in total. The second kappa shape index (κ2) is 7.61. The topological polar surface area (TPSA) is 59.8 Å². The predicted octanol–water partition coefficient (Wildman–Crippen LogP) is 4.65. The van der Waals surface area contributed by atoms with Crippen LogP contribution in [0, 0.1) is 5.82 Å². The van der Waals surface area contributed by atoms with Crippen molar-refractivity contribution in [2.45, 2.75) is 23.9 Å². The molecule has 0 saturated carbocycles. The van der Waals surface area contributed by atoms with Crippen molar-refractivity contribution in [1.29, 1.82) is 0 Å². The van der Waals surface area contributed by atoms with Crippen LogP contribution in [0.3, 0.4) is 0 Å². The van der Waals surface area contributed by atoms with Crippen molar-refractivity contribution in [2.75, 3.05) is 5.75 Å². The first-order valence-corrected chi connectivity index (χ1v) is 11.2. The molecule has 4 aromatic rings. The molecule has 8 heteroatoms. The molecule has 0 radical (unpaired) electrons. The van der Waals surface area contributed by atoms with Gasteiger partial charge in [-0.3, -0.25) is 4.79 Å². The number of aromatic nitrogens is 3. The second-order valence-corrected chi connectivity index (χ2v) is 8.62. The second-order valence-electron chi connectivity index (χ2n) is 6.80. The first kappa shape index (κ1) is 18.3. The Labute approximate surface area is 175 Å². The van der Waals surface area contributed by atoms with E-state index in [1.165, 1.54) is 29.2 Å². The van der Waals surface area contributed by atoms with Crippen LogP contribution in [0.4, 0.5) is 4.39 Å². The number of fused-ring (bicyclic) bond motifs is 2. The van der Waals surface area contributed by atoms with E-state index in [0.29, 0.717) is 10.7 Å². The van der Waals surface area contributed by atoms with Crippen LogP contribution in [-0.2, 0) is 11.3 Å². The number of hydrogen-bond donors (Lipinski definition) is 1. The zero-order valence-electron chi connectivity index (χ0n) is 15.3. The summed E-state index contributed by atoms with van der Waals surface area (Å²) >= 11 is 3.00. The first-order chi connectivity index (χ1) is 14.2. The summed E-state index contributed by atoms with van der Waals surface area (Å²) in [6.45, 7) is 0.127. The molecule has 29 heavy (non-hydrogen) atoms. The van der Waals surface area contributed by atoms with E-state index < -0.39 is 0 Å². The smallest absolute Gasteiger partial charge is 0.240 e. The standard InChI is InChI=1S/C21H17FN4OS2/c22-14-5-3-4-13-15(8-9-29-20(13)14)24-19(27)10-26-18-7-2-1-6-16(18)25-21(26)17-11-28-12-23-17/h1-7,11-12,15H,8-10H2,(H,24,27). The number of amides is 1. The molecule has 0 fully saturated rings. The summed E-state index contributed by atoms with van der Waals surface area (Å²) in [5, 5.41) is 5.02. The highest BCUT2D eigenvalue weighted by atomic mass is 32.2. The zero-order chi connectivity index (χ0) is 19.8. The van der Waals surface area contributed by atoms with Crippen LogP contribution in [0.15, 0.2) is 58.3 Å². The highest BCUT2D eigenvalue weighted by Gasteiger charge is 2.25. The van der Waals surface area contributed by atoms with Crippen molar-refractivity contribution in [1.82, 2.24) is 19.9 Å². The molecule has 146 valence electrons. The van der Waals surface area contributed by atoms with Crippen molar-refractivity contribution in [3.8, 4) is 11.5 Å². The maximum Gasteiger partial charge on any atom is 0.240 e. The molecule has 1 amide bonds. The monoisotopic (exact) mass is 424 g/mol. The maximum atomic E-state index is 14.1. The van der Waals surface area contributed by atoms with E-state index in [2.05, 4.69) is 15.3 Å². The molecule has 1 aliphatic rings. The molecule has 0 aliphatic carbocycles. The average molecular weight is 425 g/mol. The SMILES string of the molecule is O=C(Cn1c(-c2cscn2)nc2ccccc21)NC1CCSc2c(F)cccc21. The lowest BCUT2D eigenvalue weighted by atomic mass is 10.0. The Morgan fingerprint density at radius 1 is 1.24 bits per heavy atom. The number of nitrogens with one attached hydrogen (secondary N) is 1. The molecule has 2 aromatic carbocycles. The van der Waals surface area contributed by atoms with E-state index in [-0.39, 0.29) is 24.3 Å². The molecule has 0 saturated heterocycles. The van der Waals surface area contributed by atoms with Gasteiger partial charge in [0.25, 0.3) is 0 Å². The summed E-state index contributed by atoms with van der Waals surface area (Å²) in [6, 6.07) is 12.6. The molecule has 3 heterocycles. The fourth-order valence-corrected chi connectivity index (χ4v) is 5.35. The molecule has 0 spiro atoms. The van der Waals surface area contributed by atoms with Gasteiger partial charge in [-0.25, -0.2) is 14.4 Å². The third kappa shape index (κ3) is 3.42. The van der Waals surface area contributed by atoms with E-state index in [4.69, 9.17) is 0 Å². The van der Waals surface area contributed by atoms with Crippen LogP contribution in [0.1, 0.15) is 18.0 Å². The third-order valence-corrected chi connectivity index (χ3v) is 6.72. The van der Waals surface area contributed by atoms with Gasteiger partial charge in [-0.05, 0) is 30.2 Å². The summed E-state index contributed by atoms with van der Waals surface area (Å²) < 4.78 is 16.0. The molecule has 1 unspecified atom stereocenters. The Kier molecular flexibility index (Phi) is 4.81. The van der Waals surface area contributed by atoms with Crippen molar-refractivity contribution < 1.29 is 9.18 Å². The maximum absolute atomic E-state index is 14.1. The number of carbonyl (C=O) groups excluding carboxylic acids is 1. The van der Waals surface area contributed by atoms with Crippen LogP contribution >= 0.6 is 23.1 Å². The van der Waals surface area contributed by atoms with Crippen molar-refractivity contribution in [3.63, 3.8) is 0 Å². The van der Waals surface area contributed by atoms with Crippen molar-refractivity contribution in [3.05, 3.63) is 64.7 Å². The van der Waals surface area contributed by atoms with E-state index in [1.807, 2.05) is 40.3 Å². The third-order valence-electron chi connectivity index (χ3n) is 4.98. The Hall–Kier alpha value is -2.71. The number of nitrogens with zero attached hydrogens (tertiary/aromatic N) is 3. The minimum absolute atomic E-state index is 0.127. The van der Waals surface area contributed by atoms with Crippen LogP contribution in [0.25, 0.3) is 22.6 Å².